The van der Waals surface area contributed by atoms with Crippen LogP contribution in [0.4, 0.5) is 5.69 Å². The topological polar surface area (TPSA) is 186 Å². The largest absolute Gasteiger partial charge is 0.465 e. The van der Waals surface area contributed by atoms with Crippen molar-refractivity contribution in [1.82, 2.24) is 13.7 Å². The average molecular weight is 1080 g/mol. The number of ether oxygens (including phenoxy) is 4. The van der Waals surface area contributed by atoms with E-state index in [0.29, 0.717) is 16.8 Å². The maximum Gasteiger partial charge on any atom is 0.337 e. The quantitative estimate of drug-likeness (QED) is 0.0484. The van der Waals surface area contributed by atoms with Gasteiger partial charge in [0.25, 0.3) is 0 Å². The fraction of sp³-hybridized carbons (Fsp3) is 0.259. The number of carbonyl (C=O) groups is 4. The van der Waals surface area contributed by atoms with Gasteiger partial charge in [-0.15, -0.1) is 0 Å². The molecule has 0 fully saturated rings. The van der Waals surface area contributed by atoms with Gasteiger partial charge in [0.1, 0.15) is 0 Å². The van der Waals surface area contributed by atoms with Gasteiger partial charge in [-0.1, -0.05) is 44.0 Å². The van der Waals surface area contributed by atoms with E-state index >= 15 is 0 Å². The summed E-state index contributed by atoms with van der Waals surface area (Å²) in [6.45, 7) is 12.2. The summed E-state index contributed by atoms with van der Waals surface area (Å²) < 4.78 is 24.9. The lowest BCUT2D eigenvalue weighted by Gasteiger charge is -2.12. The summed E-state index contributed by atoms with van der Waals surface area (Å²) in [5, 5.41) is 20.2. The van der Waals surface area contributed by atoms with Gasteiger partial charge in [-0.3, -0.25) is 0 Å². The van der Waals surface area contributed by atoms with Crippen molar-refractivity contribution >= 4 is 61.4 Å². The van der Waals surface area contributed by atoms with Crippen LogP contribution in [-0.2, 0) is 42.8 Å². The van der Waals surface area contributed by atoms with Gasteiger partial charge in [0.15, 0.2) is 0 Å². The first-order valence-electron chi connectivity index (χ1n) is 21.8. The lowest BCUT2D eigenvalue weighted by molar-refractivity contribution is 0.0581. The summed E-state index contributed by atoms with van der Waals surface area (Å²) in [5.74, 6) is -2.09. The molecule has 4 N–H and O–H groups in total. The lowest BCUT2D eigenvalue weighted by Crippen LogP contribution is -2.09. The molecule has 14 nitrogen and oxygen atoms in total. The molecule has 4 aromatic carbocycles. The molecule has 3 aromatic heterocycles. The zero-order chi connectivity index (χ0) is 51.8. The van der Waals surface area contributed by atoms with Crippen LogP contribution in [0.1, 0.15) is 97.8 Å². The number of carbonyl (C=O) groups excluding carboxylic acids is 4. The van der Waals surface area contributed by atoms with Crippen LogP contribution in [0.3, 0.4) is 0 Å². The molecule has 70 heavy (non-hydrogen) atoms. The molecule has 0 aliphatic heterocycles. The minimum absolute atomic E-state index is 0.0137. The molecule has 0 amide bonds. The number of aliphatic hydroxyl groups is 2. The van der Waals surface area contributed by atoms with Crippen molar-refractivity contribution in [2.24, 2.45) is 0 Å². The van der Waals surface area contributed by atoms with Gasteiger partial charge in [-0.25, -0.2) is 19.2 Å². The summed E-state index contributed by atoms with van der Waals surface area (Å²) in [5.41, 5.74) is 20.9. The number of aromatic nitrogens is 3. The van der Waals surface area contributed by atoms with Gasteiger partial charge in [0.05, 0.1) is 63.9 Å². The van der Waals surface area contributed by atoms with Crippen molar-refractivity contribution in [3.8, 4) is 17.1 Å². The molecule has 0 saturated heterocycles. The predicted molar refractivity (Wildman–Crippen MR) is 279 cm³/mol. The maximum absolute atomic E-state index is 11.8. The highest BCUT2D eigenvalue weighted by Crippen LogP contribution is 2.24. The minimum Gasteiger partial charge on any atom is -0.465 e. The van der Waals surface area contributed by atoms with Crippen LogP contribution in [0, 0.1) is 41.5 Å². The summed E-state index contributed by atoms with van der Waals surface area (Å²) in [7, 11) is 5.12. The standard InChI is InChI=1S/C16H17NO4.C14H15Br2N.C14H17NO2.C10H11NO4/c1-10-5-6-11(2)17(10)14-8-12(15(18)20-3)7-13(9-14)16(19)21-4;1-10-3-4-11(2)17(10)14-6-12(8-15)5-13(7-14)9-16;1-10-3-4-11(2)15(10)14-6-12(8-16)5-13(7-14)9-17;1-14-9(12)6-3-7(10(13)15-2)5-8(11)4-6/h5-9H,1-4H3;3-7H,8-9H2,1-2H3;3-7,16-17H,8-9H2,1-2H3;3-5H,11H2,1-2H3. The zero-order valence-electron chi connectivity index (χ0n) is 41.1. The number of alkyl halides is 2. The van der Waals surface area contributed by atoms with Crippen LogP contribution in [0.15, 0.2) is 109 Å². The fourth-order valence-electron chi connectivity index (χ4n) is 7.64. The number of anilines is 1. The second-order valence-electron chi connectivity index (χ2n) is 16.0. The number of nitrogens with two attached hydrogens (primary N) is 1. The van der Waals surface area contributed by atoms with Gasteiger partial charge in [-0.05, 0) is 161 Å². The normalized spacial score (nSPS) is 10.4. The molecule has 0 aliphatic carbocycles. The number of aryl methyl sites for hydroxylation is 6. The molecule has 7 rings (SSSR count). The summed E-state index contributed by atoms with van der Waals surface area (Å²) >= 11 is 7.06. The Hall–Kier alpha value is -6.72. The molecule has 16 heteroatoms. The molecule has 0 aliphatic rings. The summed E-state index contributed by atoms with van der Waals surface area (Å²) in [4.78, 5) is 46.0. The highest BCUT2D eigenvalue weighted by Gasteiger charge is 2.17. The van der Waals surface area contributed by atoms with Gasteiger partial charge in [-0.2, -0.15) is 0 Å². The molecule has 0 atom stereocenters. The Morgan fingerprint density at radius 2 is 0.657 bits per heavy atom. The number of benzene rings is 4. The Bertz CT molecular complexity index is 2680. The van der Waals surface area contributed by atoms with Crippen LogP contribution in [0.5, 0.6) is 0 Å². The molecule has 3 heterocycles. The number of nitrogens with zero attached hydrogens (tertiary/aromatic N) is 3. The molecule has 0 bridgehead atoms. The number of hydrogen-bond donors (Lipinski definition) is 3. The summed E-state index contributed by atoms with van der Waals surface area (Å²) in [6.07, 6.45) is 0. The van der Waals surface area contributed by atoms with Crippen molar-refractivity contribution < 1.29 is 48.3 Å². The van der Waals surface area contributed by atoms with Gasteiger partial charge in [0, 0.05) is 67.6 Å². The van der Waals surface area contributed by atoms with Crippen molar-refractivity contribution in [3.05, 3.63) is 188 Å². The van der Waals surface area contributed by atoms with E-state index in [1.165, 1.54) is 80.9 Å². The van der Waals surface area contributed by atoms with Crippen LogP contribution in [0.25, 0.3) is 17.1 Å². The van der Waals surface area contributed by atoms with Gasteiger partial charge < -0.3 is 48.6 Å². The Morgan fingerprint density at radius 3 is 0.914 bits per heavy atom. The van der Waals surface area contributed by atoms with Crippen molar-refractivity contribution in [2.45, 2.75) is 65.4 Å². The second kappa shape index (κ2) is 26.3. The maximum atomic E-state index is 11.8. The minimum atomic E-state index is -0.549. The zero-order valence-corrected chi connectivity index (χ0v) is 44.2. The van der Waals surface area contributed by atoms with Crippen molar-refractivity contribution in [1.29, 1.82) is 0 Å². The molecule has 0 saturated carbocycles. The van der Waals surface area contributed by atoms with E-state index in [0.717, 1.165) is 55.9 Å². The van der Waals surface area contributed by atoms with Gasteiger partial charge in [0.2, 0.25) is 0 Å². The van der Waals surface area contributed by atoms with E-state index in [2.05, 4.69) is 107 Å². The Balaban J connectivity index is 0.000000205. The number of rotatable bonds is 11. The van der Waals surface area contributed by atoms with Crippen molar-refractivity contribution in [3.63, 3.8) is 0 Å². The first-order chi connectivity index (χ1) is 33.4. The number of halogens is 2. The number of hydrogen-bond acceptors (Lipinski definition) is 11. The molecular weight excluding hydrogens is 1020 g/mol. The first kappa shape index (κ1) is 55.9. The molecular formula is C54H60Br2N4O10. The number of aliphatic hydroxyl groups excluding tert-OH is 2. The highest BCUT2D eigenvalue weighted by atomic mass is 79.9. The van der Waals surface area contributed by atoms with E-state index < -0.39 is 23.9 Å². The van der Waals surface area contributed by atoms with Crippen molar-refractivity contribution in [2.75, 3.05) is 34.2 Å². The monoisotopic (exact) mass is 1080 g/mol. The first-order valence-corrected chi connectivity index (χ1v) is 24.1. The van der Waals surface area contributed by atoms with E-state index in [4.69, 9.17) is 15.2 Å². The number of esters is 4. The third-order valence-corrected chi connectivity index (χ3v) is 12.2. The van der Waals surface area contributed by atoms with E-state index in [1.807, 2.05) is 62.6 Å². The van der Waals surface area contributed by atoms with Crippen LogP contribution in [0.2, 0.25) is 0 Å². The molecule has 0 spiro atoms. The molecule has 370 valence electrons. The summed E-state index contributed by atoms with van der Waals surface area (Å²) in [6, 6.07) is 33.8. The highest BCUT2D eigenvalue weighted by molar-refractivity contribution is 9.08. The molecule has 7 aromatic rings. The van der Waals surface area contributed by atoms with E-state index in [1.54, 1.807) is 12.1 Å². The fourth-order valence-corrected chi connectivity index (χ4v) is 8.29. The van der Waals surface area contributed by atoms with E-state index in [-0.39, 0.29) is 24.3 Å². The smallest absolute Gasteiger partial charge is 0.337 e. The Morgan fingerprint density at radius 1 is 0.414 bits per heavy atom. The third kappa shape index (κ3) is 14.4. The number of methoxy groups -OCH3 is 4. The van der Waals surface area contributed by atoms with E-state index in [9.17, 15) is 29.4 Å². The molecule has 0 radical (unpaired) electrons. The van der Waals surface area contributed by atoms with Crippen LogP contribution in [-0.4, -0.2) is 76.2 Å². The number of nitrogen functional groups attached to an aromatic ring is 1. The molecule has 0 unspecified atom stereocenters. The van der Waals surface area contributed by atoms with Crippen LogP contribution >= 0.6 is 31.9 Å². The lowest BCUT2D eigenvalue weighted by atomic mass is 10.1. The van der Waals surface area contributed by atoms with Crippen LogP contribution < -0.4 is 5.73 Å². The Kier molecular flexibility index (Phi) is 21.0. The predicted octanol–water partition coefficient (Wildman–Crippen LogP) is 10.5. The van der Waals surface area contributed by atoms with Gasteiger partial charge >= 0.3 is 23.9 Å². The average Bonchev–Trinajstić information content (AvgIpc) is 4.03. The third-order valence-electron chi connectivity index (χ3n) is 10.9. The SMILES string of the molecule is COC(=O)c1cc(C(=O)OC)cc(-n2c(C)ccc2C)c1.COC(=O)c1cc(N)cc(C(=O)OC)c1.Cc1ccc(C)n1-c1cc(CBr)cc(CBr)c1.Cc1ccc(C)n1-c1cc(CO)cc(CO)c1. The Labute approximate surface area is 425 Å². The second-order valence-corrected chi connectivity index (χ2v) is 17.2.